The van der Waals surface area contributed by atoms with Crippen LogP contribution < -0.4 is 31.7 Å². The fourth-order valence-corrected chi connectivity index (χ4v) is 10.8. The molecule has 0 bridgehead atoms. The van der Waals surface area contributed by atoms with Crippen molar-refractivity contribution in [2.75, 3.05) is 26.2 Å². The SMILES string of the molecule is CC(=O)N1CCC2CC[C@@H](C(=O)N[C@@H](CCC(N)=O)COc3cccc(CCCC(=O)N[C@H](C(=O)N4C[C@H](O)C[C@H]4C(=O)N[C@@H](C)c4ccc(-c5scnc5C)cc4)C(C)(C)C)c3F)N2C(=O)[C@@H](NC(=O)OC(C)(C)C)C1. The number of primary amides is 1. The summed E-state index contributed by atoms with van der Waals surface area (Å²) in [6.07, 6.45) is -0.543. The maximum absolute atomic E-state index is 16.1. The number of nitrogens with zero attached hydrogens (tertiary/aromatic N) is 4. The van der Waals surface area contributed by atoms with Crippen LogP contribution in [0.2, 0.25) is 0 Å². The molecule has 22 heteroatoms. The summed E-state index contributed by atoms with van der Waals surface area (Å²) in [5.74, 6) is -4.27. The Hall–Kier alpha value is -6.68. The molecule has 20 nitrogen and oxygen atoms in total. The summed E-state index contributed by atoms with van der Waals surface area (Å²) in [6, 6.07) is 6.45. The van der Waals surface area contributed by atoms with Crippen LogP contribution in [0.3, 0.4) is 0 Å². The maximum Gasteiger partial charge on any atom is 0.408 e. The van der Waals surface area contributed by atoms with E-state index in [1.54, 1.807) is 70.5 Å². The number of aromatic nitrogens is 1. The molecule has 3 saturated heterocycles. The Morgan fingerprint density at radius 1 is 0.922 bits per heavy atom. The van der Waals surface area contributed by atoms with Crippen LogP contribution in [0.15, 0.2) is 48.0 Å². The number of carbonyl (C=O) groups is 8. The Bertz CT molecular complexity index is 2640. The summed E-state index contributed by atoms with van der Waals surface area (Å²) in [4.78, 5) is 117. The average Bonchev–Trinajstić information content (AvgIpc) is 4.12. The van der Waals surface area contributed by atoms with Crippen molar-refractivity contribution in [2.24, 2.45) is 11.1 Å². The van der Waals surface area contributed by atoms with Crippen molar-refractivity contribution >= 4 is 58.8 Å². The van der Waals surface area contributed by atoms with Gasteiger partial charge in [-0.05, 0) is 101 Å². The number of ether oxygens (including phenoxy) is 2. The first-order valence-corrected chi connectivity index (χ1v) is 27.2. The minimum absolute atomic E-state index is 0.0275. The molecule has 3 aromatic rings. The molecule has 77 heavy (non-hydrogen) atoms. The number of aryl methyl sites for hydroxylation is 2. The predicted molar refractivity (Wildman–Crippen MR) is 285 cm³/mol. The second-order valence-electron chi connectivity index (χ2n) is 22.4. The number of alkyl carbamates (subject to hydrolysis) is 1. The highest BCUT2D eigenvalue weighted by Crippen LogP contribution is 2.32. The van der Waals surface area contributed by atoms with Gasteiger partial charge in [0.15, 0.2) is 11.6 Å². The van der Waals surface area contributed by atoms with E-state index in [0.717, 1.165) is 21.7 Å². The molecular weight excluding hydrogens is 1010 g/mol. The van der Waals surface area contributed by atoms with Crippen LogP contribution in [0.25, 0.3) is 10.4 Å². The lowest BCUT2D eigenvalue weighted by atomic mass is 9.85. The Morgan fingerprint density at radius 3 is 2.26 bits per heavy atom. The number of halogens is 1. The summed E-state index contributed by atoms with van der Waals surface area (Å²) in [5, 5.41) is 22.1. The number of fused-ring (bicyclic) bond motifs is 1. The zero-order valence-corrected chi connectivity index (χ0v) is 46.4. The number of rotatable bonds is 19. The summed E-state index contributed by atoms with van der Waals surface area (Å²) in [6.45, 7) is 15.4. The van der Waals surface area contributed by atoms with E-state index in [9.17, 15) is 43.5 Å². The molecule has 2 aromatic carbocycles. The number of likely N-dealkylation sites (tertiary alicyclic amines) is 1. The van der Waals surface area contributed by atoms with Crippen molar-refractivity contribution < 1.29 is 57.3 Å². The van der Waals surface area contributed by atoms with Crippen molar-refractivity contribution in [1.29, 1.82) is 0 Å². The topological polar surface area (TPSA) is 272 Å². The molecule has 7 N–H and O–H groups in total. The summed E-state index contributed by atoms with van der Waals surface area (Å²) < 4.78 is 27.4. The van der Waals surface area contributed by atoms with Crippen molar-refractivity contribution in [3.63, 3.8) is 0 Å². The number of hydrogen-bond donors (Lipinski definition) is 6. The number of nitrogens with one attached hydrogen (secondary N) is 4. The first-order chi connectivity index (χ1) is 36.2. The van der Waals surface area contributed by atoms with E-state index < -0.39 is 107 Å². The van der Waals surface area contributed by atoms with Gasteiger partial charge in [-0.25, -0.2) is 14.2 Å². The molecule has 8 atom stereocenters. The molecular formula is C55H76FN9O11S. The van der Waals surface area contributed by atoms with Crippen LogP contribution in [0, 0.1) is 18.2 Å². The third kappa shape index (κ3) is 16.0. The molecule has 0 aliphatic carbocycles. The molecule has 3 fully saturated rings. The van der Waals surface area contributed by atoms with E-state index in [1.807, 2.05) is 38.1 Å². The second kappa shape index (κ2) is 25.6. The summed E-state index contributed by atoms with van der Waals surface area (Å²) >= 11 is 1.55. The highest BCUT2D eigenvalue weighted by molar-refractivity contribution is 7.13. The minimum atomic E-state index is -1.21. The van der Waals surface area contributed by atoms with Crippen LogP contribution in [0.4, 0.5) is 9.18 Å². The largest absolute Gasteiger partial charge is 0.488 e. The quantitative estimate of drug-likeness (QED) is 0.0963. The first-order valence-electron chi connectivity index (χ1n) is 26.4. The Labute approximate surface area is 453 Å². The van der Waals surface area contributed by atoms with Crippen LogP contribution in [0.5, 0.6) is 5.75 Å². The van der Waals surface area contributed by atoms with E-state index in [0.29, 0.717) is 12.8 Å². The standard InChI is InChI=1S/C55H76FN9O11S/c1-31(34-16-18-36(19-17-34)47-32(2)58-30-77-47)59-50(71)42-26-39(67)27-64(42)52(73)48(54(4,5)6)62-45(69)15-11-13-35-12-10-14-43(46(35)56)75-29-37(20-23-44(57)68)60-49(70)41-22-21-38-24-25-63(33(3)66)28-40(51(72)65(38)41)61-53(74)76-55(7,8)9/h10,12,14,16-19,30-31,37-42,48,67H,11,13,15,20-29H2,1-9H3,(H2,57,68)(H,59,71)(H,60,70)(H,61,74)(H,62,69)/t31-,37-,38?,39+,40-,41-,42-,48+/m0/s1. The van der Waals surface area contributed by atoms with E-state index in [4.69, 9.17) is 15.2 Å². The highest BCUT2D eigenvalue weighted by Gasteiger charge is 2.47. The summed E-state index contributed by atoms with van der Waals surface area (Å²) in [7, 11) is 0. The van der Waals surface area contributed by atoms with Gasteiger partial charge >= 0.3 is 6.09 Å². The van der Waals surface area contributed by atoms with Gasteiger partial charge in [0.25, 0.3) is 0 Å². The van der Waals surface area contributed by atoms with Crippen molar-refractivity contribution in [3.8, 4) is 16.2 Å². The van der Waals surface area contributed by atoms with E-state index >= 15 is 4.39 Å². The number of amides is 8. The van der Waals surface area contributed by atoms with Gasteiger partial charge in [0.05, 0.1) is 40.8 Å². The number of aliphatic hydroxyl groups excluding tert-OH is 1. The number of aliphatic hydroxyl groups is 1. The van der Waals surface area contributed by atoms with Gasteiger partial charge < -0.3 is 56.3 Å². The fraction of sp³-hybridized carbons (Fsp3) is 0.582. The molecule has 420 valence electrons. The fourth-order valence-electron chi connectivity index (χ4n) is 10.0. The molecule has 3 aliphatic heterocycles. The Balaban J connectivity index is 1.04. The van der Waals surface area contributed by atoms with Crippen LogP contribution in [0.1, 0.15) is 130 Å². The monoisotopic (exact) mass is 1090 g/mol. The van der Waals surface area contributed by atoms with E-state index in [1.165, 1.54) is 27.7 Å². The van der Waals surface area contributed by atoms with Gasteiger partial charge in [0.1, 0.15) is 36.4 Å². The molecule has 3 aliphatic rings. The zero-order valence-electron chi connectivity index (χ0n) is 45.6. The highest BCUT2D eigenvalue weighted by atomic mass is 32.1. The summed E-state index contributed by atoms with van der Waals surface area (Å²) in [5.41, 5.74) is 8.65. The van der Waals surface area contributed by atoms with Crippen molar-refractivity contribution in [1.82, 2.24) is 41.0 Å². The molecule has 1 aromatic heterocycles. The van der Waals surface area contributed by atoms with Crippen LogP contribution in [-0.2, 0) is 44.7 Å². The van der Waals surface area contributed by atoms with Gasteiger partial charge in [-0.15, -0.1) is 11.3 Å². The number of thiazole rings is 1. The number of carbonyl (C=O) groups excluding carboxylic acids is 8. The predicted octanol–water partition coefficient (Wildman–Crippen LogP) is 4.58. The number of benzene rings is 2. The molecule has 1 unspecified atom stereocenters. The van der Waals surface area contributed by atoms with Crippen molar-refractivity contribution in [3.05, 3.63) is 70.6 Å². The van der Waals surface area contributed by atoms with Gasteiger partial charge in [0, 0.05) is 45.3 Å². The number of hydrogen-bond acceptors (Lipinski definition) is 13. The lowest BCUT2D eigenvalue weighted by Gasteiger charge is -2.38. The Kier molecular flexibility index (Phi) is 19.8. The van der Waals surface area contributed by atoms with Gasteiger partial charge in [0.2, 0.25) is 41.4 Å². The third-order valence-electron chi connectivity index (χ3n) is 14.1. The molecule has 0 spiro atoms. The maximum atomic E-state index is 16.1. The number of nitrogens with two attached hydrogens (primary N) is 1. The first kappa shape index (κ1) is 59.6. The lowest BCUT2D eigenvalue weighted by molar-refractivity contribution is -0.145. The molecule has 0 radical (unpaired) electrons. The van der Waals surface area contributed by atoms with Gasteiger partial charge in [-0.1, -0.05) is 57.2 Å². The van der Waals surface area contributed by atoms with Gasteiger partial charge in [-0.3, -0.25) is 33.6 Å². The van der Waals surface area contributed by atoms with Crippen LogP contribution in [-0.4, -0.2) is 146 Å². The molecule has 6 rings (SSSR count). The second-order valence-corrected chi connectivity index (χ2v) is 23.3. The number of β-amino-alcohol motifs (C(OH)–C–C–N with tert-alkyl or cyclic N) is 1. The smallest absolute Gasteiger partial charge is 0.408 e. The van der Waals surface area contributed by atoms with E-state index in [2.05, 4.69) is 26.3 Å². The third-order valence-corrected chi connectivity index (χ3v) is 15.1. The molecule has 4 heterocycles. The molecule has 8 amide bonds. The normalized spacial score (nSPS) is 20.9. The molecule has 0 saturated carbocycles. The Morgan fingerprint density at radius 2 is 1.62 bits per heavy atom. The van der Waals surface area contributed by atoms with E-state index in [-0.39, 0.29) is 88.4 Å². The average molecular weight is 1090 g/mol. The van der Waals surface area contributed by atoms with Crippen LogP contribution >= 0.6 is 11.3 Å². The van der Waals surface area contributed by atoms with Gasteiger partial charge in [-0.2, -0.15) is 0 Å². The minimum Gasteiger partial charge on any atom is -0.488 e. The lowest BCUT2D eigenvalue weighted by Crippen LogP contribution is -2.61. The van der Waals surface area contributed by atoms with Crippen molar-refractivity contribution in [2.45, 2.75) is 174 Å². The zero-order chi connectivity index (χ0) is 56.5.